The second-order valence-electron chi connectivity index (χ2n) is 4.31. The number of carbonyl (C=O) groups is 1. The number of rotatable bonds is 3. The van der Waals surface area contributed by atoms with Gasteiger partial charge in [0.25, 0.3) is 11.3 Å². The number of aliphatic hydroxyl groups excluding tert-OH is 2. The van der Waals surface area contributed by atoms with Crippen molar-refractivity contribution in [2.24, 2.45) is 0 Å². The molecule has 0 spiro atoms. The van der Waals surface area contributed by atoms with Gasteiger partial charge in [0.1, 0.15) is 6.10 Å². The van der Waals surface area contributed by atoms with Gasteiger partial charge in [0.05, 0.1) is 17.2 Å². The molecular weight excluding hydrogens is 340 g/mol. The number of H-pyrrole nitrogens is 1. The third-order valence-electron chi connectivity index (χ3n) is 3.06. The van der Waals surface area contributed by atoms with Crippen LogP contribution in [0.4, 0.5) is 0 Å². The lowest BCUT2D eigenvalue weighted by Gasteiger charge is -2.26. The van der Waals surface area contributed by atoms with Gasteiger partial charge in [-0.15, -0.1) is 0 Å². The van der Waals surface area contributed by atoms with Crippen molar-refractivity contribution in [1.82, 2.24) is 9.55 Å². The highest BCUT2D eigenvalue weighted by molar-refractivity contribution is 9.10. The van der Waals surface area contributed by atoms with Crippen LogP contribution in [0.15, 0.2) is 20.3 Å². The number of halogens is 1. The Labute approximate surface area is 119 Å². The second kappa shape index (κ2) is 5.13. The van der Waals surface area contributed by atoms with Crippen molar-refractivity contribution in [3.63, 3.8) is 0 Å². The summed E-state index contributed by atoms with van der Waals surface area (Å²) >= 11 is 2.88. The Hall–Kier alpha value is -1.49. The van der Waals surface area contributed by atoms with Gasteiger partial charge < -0.3 is 20.1 Å². The average Bonchev–Trinajstić information content (AvgIpc) is 2.72. The topological polar surface area (TPSA) is 142 Å². The summed E-state index contributed by atoms with van der Waals surface area (Å²) in [5.41, 5.74) is -3.90. The van der Waals surface area contributed by atoms with Crippen LogP contribution in [0, 0.1) is 0 Å². The van der Waals surface area contributed by atoms with E-state index in [9.17, 15) is 24.6 Å². The molecule has 2 heterocycles. The Morgan fingerprint density at radius 2 is 2.25 bits per heavy atom. The first-order valence-corrected chi connectivity index (χ1v) is 6.33. The van der Waals surface area contributed by atoms with Crippen LogP contribution in [-0.4, -0.2) is 49.7 Å². The Morgan fingerprint density at radius 1 is 1.60 bits per heavy atom. The van der Waals surface area contributed by atoms with Crippen molar-refractivity contribution < 1.29 is 24.9 Å². The lowest BCUT2D eigenvalue weighted by atomic mass is 10.1. The molecule has 1 aromatic rings. The van der Waals surface area contributed by atoms with Crippen LogP contribution >= 0.6 is 15.9 Å². The van der Waals surface area contributed by atoms with Crippen LogP contribution in [0.5, 0.6) is 0 Å². The van der Waals surface area contributed by atoms with Gasteiger partial charge in [0, 0.05) is 12.6 Å². The normalized spacial score (nSPS) is 29.6. The number of aliphatic carboxylic acids is 1. The fourth-order valence-electron chi connectivity index (χ4n) is 2.06. The first kappa shape index (κ1) is 14.9. The lowest BCUT2D eigenvalue weighted by Crippen LogP contribution is -2.49. The molecule has 0 saturated carbocycles. The third-order valence-corrected chi connectivity index (χ3v) is 3.63. The quantitative estimate of drug-likeness (QED) is 0.502. The molecule has 4 N–H and O–H groups in total. The minimum Gasteiger partial charge on any atom is -0.478 e. The molecule has 3 atom stereocenters. The number of aliphatic hydroxyl groups is 2. The Bertz CT molecular complexity index is 654. The zero-order valence-electron chi connectivity index (χ0n) is 9.95. The van der Waals surface area contributed by atoms with E-state index in [1.54, 1.807) is 0 Å². The fourth-order valence-corrected chi connectivity index (χ4v) is 2.37. The molecule has 9 nitrogen and oxygen atoms in total. The van der Waals surface area contributed by atoms with E-state index in [-0.39, 0.29) is 4.47 Å². The monoisotopic (exact) mass is 350 g/mol. The number of aromatic nitrogens is 2. The molecule has 0 aromatic carbocycles. The first-order chi connectivity index (χ1) is 9.31. The van der Waals surface area contributed by atoms with Gasteiger partial charge in [-0.3, -0.25) is 14.3 Å². The molecule has 10 heteroatoms. The highest BCUT2D eigenvalue weighted by Crippen LogP contribution is 2.34. The molecule has 1 aromatic heterocycles. The van der Waals surface area contributed by atoms with Crippen LogP contribution < -0.4 is 11.2 Å². The highest BCUT2D eigenvalue weighted by Gasteiger charge is 2.53. The number of ether oxygens (including phenoxy) is 1. The molecule has 1 aliphatic heterocycles. The lowest BCUT2D eigenvalue weighted by molar-refractivity contribution is -0.182. The molecule has 0 radical (unpaired) electrons. The van der Waals surface area contributed by atoms with Crippen molar-refractivity contribution >= 4 is 21.9 Å². The van der Waals surface area contributed by atoms with Crippen LogP contribution in [0.1, 0.15) is 6.42 Å². The summed E-state index contributed by atoms with van der Waals surface area (Å²) in [5, 5.41) is 28.1. The smallest absolute Gasteiger partial charge is 0.358 e. The summed E-state index contributed by atoms with van der Waals surface area (Å²) in [5.74, 6) is -1.52. The first-order valence-electron chi connectivity index (χ1n) is 5.54. The Kier molecular flexibility index (Phi) is 3.82. The van der Waals surface area contributed by atoms with Crippen LogP contribution in [0.3, 0.4) is 0 Å². The van der Waals surface area contributed by atoms with Gasteiger partial charge >= 0.3 is 11.7 Å². The van der Waals surface area contributed by atoms with Gasteiger partial charge in [0.15, 0.2) is 0 Å². The van der Waals surface area contributed by atoms with Gasteiger partial charge in [-0.05, 0) is 15.9 Å². The molecule has 1 aliphatic rings. The minimum atomic E-state index is -2.18. The van der Waals surface area contributed by atoms with E-state index in [2.05, 4.69) is 15.9 Å². The maximum Gasteiger partial charge on any atom is 0.358 e. The highest BCUT2D eigenvalue weighted by atomic mass is 79.9. The van der Waals surface area contributed by atoms with E-state index < -0.39 is 48.2 Å². The summed E-state index contributed by atoms with van der Waals surface area (Å²) in [6.45, 7) is -0.602. The van der Waals surface area contributed by atoms with Gasteiger partial charge in [-0.25, -0.2) is 9.59 Å². The molecule has 1 saturated heterocycles. The largest absolute Gasteiger partial charge is 0.478 e. The predicted molar refractivity (Wildman–Crippen MR) is 67.2 cm³/mol. The fraction of sp³-hybridized carbons (Fsp3) is 0.500. The van der Waals surface area contributed by atoms with Crippen molar-refractivity contribution in [2.75, 3.05) is 6.61 Å². The van der Waals surface area contributed by atoms with Gasteiger partial charge in [-0.1, -0.05) is 0 Å². The maximum absolute atomic E-state index is 11.8. The average molecular weight is 351 g/mol. The molecule has 0 amide bonds. The molecule has 20 heavy (non-hydrogen) atoms. The Balaban J connectivity index is 2.62. The number of nitrogens with zero attached hydrogens (tertiary/aromatic N) is 1. The number of carboxylic acids is 1. The van der Waals surface area contributed by atoms with Crippen LogP contribution in [-0.2, 0) is 15.3 Å². The summed E-state index contributed by atoms with van der Waals surface area (Å²) in [6.07, 6.45) is -1.86. The second-order valence-corrected chi connectivity index (χ2v) is 5.16. The summed E-state index contributed by atoms with van der Waals surface area (Å²) < 4.78 is 5.75. The molecule has 0 aliphatic carbocycles. The van der Waals surface area contributed by atoms with E-state index in [1.165, 1.54) is 0 Å². The molecular formula is C10H11BrN2O7. The van der Waals surface area contributed by atoms with E-state index in [1.807, 2.05) is 4.98 Å². The molecule has 0 unspecified atom stereocenters. The van der Waals surface area contributed by atoms with E-state index in [0.29, 0.717) is 4.57 Å². The van der Waals surface area contributed by atoms with Gasteiger partial charge in [0.2, 0.25) is 0 Å². The van der Waals surface area contributed by atoms with Crippen molar-refractivity contribution in [3.8, 4) is 0 Å². The van der Waals surface area contributed by atoms with E-state index >= 15 is 0 Å². The van der Waals surface area contributed by atoms with Crippen molar-refractivity contribution in [3.05, 3.63) is 31.5 Å². The SMILES string of the molecule is O=C(O)[C@]1(n2cc(Br)c(=O)[nH]c2=O)C[C@H](O)[C@@H](CO)O1. The molecule has 110 valence electrons. The Morgan fingerprint density at radius 3 is 2.75 bits per heavy atom. The number of carboxylic acid groups (broad SMARTS) is 1. The molecule has 1 fully saturated rings. The van der Waals surface area contributed by atoms with Crippen LogP contribution in [0.2, 0.25) is 0 Å². The summed E-state index contributed by atoms with van der Waals surface area (Å²) in [4.78, 5) is 36.5. The van der Waals surface area contributed by atoms with Gasteiger partial charge in [-0.2, -0.15) is 0 Å². The number of hydrogen-bond donors (Lipinski definition) is 4. The summed E-state index contributed by atoms with van der Waals surface area (Å²) in [6, 6.07) is 0. The van der Waals surface area contributed by atoms with Crippen LogP contribution in [0.25, 0.3) is 0 Å². The number of aromatic amines is 1. The predicted octanol–water partition coefficient (Wildman–Crippen LogP) is -1.82. The van der Waals surface area contributed by atoms with Crippen molar-refractivity contribution in [1.29, 1.82) is 0 Å². The number of nitrogens with one attached hydrogen (secondary N) is 1. The van der Waals surface area contributed by atoms with E-state index in [0.717, 1.165) is 6.20 Å². The maximum atomic E-state index is 11.8. The standard InChI is InChI=1S/C10H11BrN2O7/c11-4-2-13(9(19)12-7(4)16)10(8(17)18)1-5(15)6(3-14)20-10/h2,5-6,14-15H,1,3H2,(H,17,18)(H,12,16,19)/t5-,6+,10-/m0/s1. The summed E-state index contributed by atoms with van der Waals surface area (Å²) in [7, 11) is 0. The zero-order valence-corrected chi connectivity index (χ0v) is 11.5. The minimum absolute atomic E-state index is 0.0664. The number of hydrogen-bond acceptors (Lipinski definition) is 6. The third kappa shape index (κ3) is 2.20. The zero-order chi connectivity index (χ0) is 15.1. The molecule has 2 rings (SSSR count). The van der Waals surface area contributed by atoms with Crippen molar-refractivity contribution in [2.45, 2.75) is 24.4 Å². The molecule has 0 bridgehead atoms. The van der Waals surface area contributed by atoms with E-state index in [4.69, 9.17) is 9.84 Å².